The van der Waals surface area contributed by atoms with Crippen LogP contribution >= 0.6 is 23.1 Å². The molecular formula is C22H29ClF2N6O3S. The van der Waals surface area contributed by atoms with Crippen LogP contribution in [0.25, 0.3) is 0 Å². The number of benzene rings is 1. The van der Waals surface area contributed by atoms with E-state index in [1.54, 1.807) is 4.90 Å². The van der Waals surface area contributed by atoms with Gasteiger partial charge in [-0.05, 0) is 50.6 Å². The summed E-state index contributed by atoms with van der Waals surface area (Å²) in [5.74, 6) is -2.90. The van der Waals surface area contributed by atoms with Gasteiger partial charge in [0.15, 0.2) is 0 Å². The Morgan fingerprint density at radius 2 is 1.91 bits per heavy atom. The van der Waals surface area contributed by atoms with Gasteiger partial charge in [0.25, 0.3) is 5.91 Å². The summed E-state index contributed by atoms with van der Waals surface area (Å²) in [7, 11) is 2.10. The molecule has 2 heterocycles. The molecule has 0 aliphatic carbocycles. The highest BCUT2D eigenvalue weighted by Gasteiger charge is 2.24. The zero-order valence-electron chi connectivity index (χ0n) is 19.7. The number of primary amides is 1. The fourth-order valence-corrected chi connectivity index (χ4v) is 4.59. The third-order valence-electron chi connectivity index (χ3n) is 5.75. The maximum atomic E-state index is 14.0. The normalized spacial score (nSPS) is 14.7. The van der Waals surface area contributed by atoms with Crippen LogP contribution in [-0.2, 0) is 6.61 Å². The van der Waals surface area contributed by atoms with Crippen LogP contribution in [0.3, 0.4) is 0 Å². The number of hydrogen-bond donors (Lipinski definition) is 2. The smallest absolute Gasteiger partial charge is 0.322 e. The van der Waals surface area contributed by atoms with Crippen LogP contribution in [0.15, 0.2) is 12.1 Å². The number of nitrogens with one attached hydrogen (secondary N) is 1. The van der Waals surface area contributed by atoms with E-state index >= 15 is 0 Å². The minimum atomic E-state index is -0.894. The lowest BCUT2D eigenvalue weighted by atomic mass is 10.2. The molecule has 1 fully saturated rings. The first-order valence-electron chi connectivity index (χ1n) is 11.2. The van der Waals surface area contributed by atoms with Crippen molar-refractivity contribution in [3.05, 3.63) is 39.9 Å². The van der Waals surface area contributed by atoms with Crippen LogP contribution in [0.2, 0.25) is 5.02 Å². The van der Waals surface area contributed by atoms with Crippen molar-refractivity contribution in [1.82, 2.24) is 19.1 Å². The van der Waals surface area contributed by atoms with Gasteiger partial charge in [-0.3, -0.25) is 10.1 Å². The molecule has 1 aromatic carbocycles. The lowest BCUT2D eigenvalue weighted by Gasteiger charge is -2.32. The van der Waals surface area contributed by atoms with Gasteiger partial charge in [-0.2, -0.15) is 4.37 Å². The number of hydrogen-bond acceptors (Lipinski definition) is 7. The number of likely N-dealkylation sites (N-methyl/N-ethyl adjacent to an activating group) is 1. The van der Waals surface area contributed by atoms with Crippen molar-refractivity contribution in [2.45, 2.75) is 20.0 Å². The van der Waals surface area contributed by atoms with Crippen molar-refractivity contribution in [3.8, 4) is 5.88 Å². The number of nitrogens with two attached hydrogens (primary N) is 1. The quantitative estimate of drug-likeness (QED) is 0.489. The second-order valence-electron chi connectivity index (χ2n) is 8.20. The van der Waals surface area contributed by atoms with Gasteiger partial charge >= 0.3 is 6.03 Å². The molecule has 192 valence electrons. The Balaban J connectivity index is 1.60. The van der Waals surface area contributed by atoms with Crippen LogP contribution in [0, 0.1) is 11.6 Å². The van der Waals surface area contributed by atoms with E-state index in [0.29, 0.717) is 13.1 Å². The van der Waals surface area contributed by atoms with Gasteiger partial charge in [-0.25, -0.2) is 13.6 Å². The highest BCUT2D eigenvalue weighted by Crippen LogP contribution is 2.31. The van der Waals surface area contributed by atoms with Gasteiger partial charge in [0.1, 0.15) is 28.8 Å². The maximum absolute atomic E-state index is 14.0. The van der Waals surface area contributed by atoms with Crippen molar-refractivity contribution in [3.63, 3.8) is 0 Å². The van der Waals surface area contributed by atoms with Gasteiger partial charge in [0.2, 0.25) is 5.88 Å². The predicted octanol–water partition coefficient (Wildman–Crippen LogP) is 3.24. The fourth-order valence-electron chi connectivity index (χ4n) is 3.66. The summed E-state index contributed by atoms with van der Waals surface area (Å²) in [6.07, 6.45) is 0.808. The molecule has 1 saturated heterocycles. The van der Waals surface area contributed by atoms with E-state index in [1.165, 1.54) is 0 Å². The Labute approximate surface area is 211 Å². The van der Waals surface area contributed by atoms with Crippen LogP contribution < -0.4 is 15.8 Å². The number of nitrogens with zero attached hydrogens (tertiary/aromatic N) is 4. The zero-order valence-corrected chi connectivity index (χ0v) is 21.2. The summed E-state index contributed by atoms with van der Waals surface area (Å²) in [4.78, 5) is 31.2. The number of amides is 3. The molecule has 3 rings (SSSR count). The molecule has 0 saturated carbocycles. The summed E-state index contributed by atoms with van der Waals surface area (Å²) >= 11 is 6.43. The molecule has 0 radical (unpaired) electrons. The number of carbonyl (C=O) groups excluding carboxylic acids is 2. The van der Waals surface area contributed by atoms with Crippen LogP contribution in [0.5, 0.6) is 5.88 Å². The monoisotopic (exact) mass is 530 g/mol. The van der Waals surface area contributed by atoms with E-state index < -0.39 is 30.2 Å². The molecule has 0 bridgehead atoms. The molecule has 3 N–H and O–H groups in total. The van der Waals surface area contributed by atoms with Crippen molar-refractivity contribution >= 4 is 40.1 Å². The van der Waals surface area contributed by atoms with Crippen LogP contribution in [0.4, 0.5) is 18.6 Å². The number of urea groups is 1. The highest BCUT2D eigenvalue weighted by atomic mass is 35.5. The Morgan fingerprint density at radius 1 is 1.26 bits per heavy atom. The SMILES string of the molecule is CCN(CCCN1CCN(C)CC1)C(=O)Nc1snc(OCc2c(F)cc(Cl)cc2F)c1C(N)=O. The van der Waals surface area contributed by atoms with Gasteiger partial charge in [-0.15, -0.1) is 0 Å². The van der Waals surface area contributed by atoms with Crippen molar-refractivity contribution in [1.29, 1.82) is 0 Å². The lowest BCUT2D eigenvalue weighted by molar-refractivity contribution is 0.0996. The van der Waals surface area contributed by atoms with Crippen LogP contribution in [-0.4, -0.2) is 83.9 Å². The van der Waals surface area contributed by atoms with E-state index in [0.717, 1.165) is 62.8 Å². The molecule has 1 aliphatic rings. The lowest BCUT2D eigenvalue weighted by Crippen LogP contribution is -2.45. The standard InChI is InChI=1S/C22H29ClF2N6O3S/c1-3-31(6-4-5-30-9-7-29(2)8-10-30)22(33)27-21-18(19(26)32)20(28-35-21)34-13-15-16(24)11-14(23)12-17(15)25/h11-12H,3-10,13H2,1-2H3,(H2,26,32)(H,27,33). The molecule has 3 amide bonds. The van der Waals surface area contributed by atoms with E-state index in [4.69, 9.17) is 22.1 Å². The van der Waals surface area contributed by atoms with Crippen molar-refractivity contribution in [2.24, 2.45) is 5.73 Å². The second kappa shape index (κ2) is 12.4. The minimum absolute atomic E-state index is 0.0933. The molecule has 2 aromatic rings. The number of anilines is 1. The third-order valence-corrected chi connectivity index (χ3v) is 6.72. The summed E-state index contributed by atoms with van der Waals surface area (Å²) in [6.45, 7) is 7.28. The maximum Gasteiger partial charge on any atom is 0.322 e. The number of piperazine rings is 1. The number of carbonyl (C=O) groups is 2. The summed E-state index contributed by atoms with van der Waals surface area (Å²) in [5.41, 5.74) is 4.94. The molecule has 0 spiro atoms. The molecule has 1 aromatic heterocycles. The van der Waals surface area contributed by atoms with E-state index in [1.807, 2.05) is 6.92 Å². The van der Waals surface area contributed by atoms with Crippen LogP contribution in [0.1, 0.15) is 29.3 Å². The zero-order chi connectivity index (χ0) is 25.5. The molecule has 9 nitrogen and oxygen atoms in total. The average molecular weight is 531 g/mol. The van der Waals surface area contributed by atoms with Crippen molar-refractivity contribution in [2.75, 3.05) is 58.2 Å². The van der Waals surface area contributed by atoms with E-state index in [9.17, 15) is 18.4 Å². The predicted molar refractivity (Wildman–Crippen MR) is 131 cm³/mol. The second-order valence-corrected chi connectivity index (χ2v) is 9.41. The average Bonchev–Trinajstić information content (AvgIpc) is 3.19. The summed E-state index contributed by atoms with van der Waals surface area (Å²) < 4.78 is 37.4. The number of ether oxygens (including phenoxy) is 1. The Kier molecular flexibility index (Phi) is 9.61. The number of aromatic nitrogens is 1. The Bertz CT molecular complexity index is 1030. The number of halogens is 3. The highest BCUT2D eigenvalue weighted by molar-refractivity contribution is 7.11. The molecule has 0 unspecified atom stereocenters. The molecular weight excluding hydrogens is 502 g/mol. The Hall–Kier alpha value is -2.54. The number of rotatable bonds is 10. The topological polar surface area (TPSA) is 104 Å². The first kappa shape index (κ1) is 27.1. The van der Waals surface area contributed by atoms with Gasteiger partial charge in [0.05, 0.1) is 5.56 Å². The first-order valence-corrected chi connectivity index (χ1v) is 12.4. The van der Waals surface area contributed by atoms with Crippen molar-refractivity contribution < 1.29 is 23.1 Å². The molecule has 35 heavy (non-hydrogen) atoms. The molecule has 1 aliphatic heterocycles. The Morgan fingerprint density at radius 3 is 2.51 bits per heavy atom. The fraction of sp³-hybridized carbons (Fsp3) is 0.500. The molecule has 0 atom stereocenters. The summed E-state index contributed by atoms with van der Waals surface area (Å²) in [5, 5.41) is 2.67. The molecule has 13 heteroatoms. The van der Waals surface area contributed by atoms with Gasteiger partial charge < -0.3 is 25.2 Å². The van der Waals surface area contributed by atoms with E-state index in [2.05, 4.69) is 26.5 Å². The van der Waals surface area contributed by atoms with E-state index in [-0.39, 0.29) is 27.0 Å². The van der Waals surface area contributed by atoms with Gasteiger partial charge in [0, 0.05) is 44.3 Å². The summed E-state index contributed by atoms with van der Waals surface area (Å²) in [6, 6.07) is 1.50. The largest absolute Gasteiger partial charge is 0.471 e. The minimum Gasteiger partial charge on any atom is -0.471 e. The first-order chi connectivity index (χ1) is 16.7. The third kappa shape index (κ3) is 7.23. The van der Waals surface area contributed by atoms with Gasteiger partial charge in [-0.1, -0.05) is 11.6 Å².